The molecule has 2 aromatic rings. The predicted octanol–water partition coefficient (Wildman–Crippen LogP) is 1.75. The van der Waals surface area contributed by atoms with Crippen LogP contribution in [0.1, 0.15) is 12.6 Å². The van der Waals surface area contributed by atoms with Crippen LogP contribution in [0.3, 0.4) is 0 Å². The molecular weight excluding hydrogens is 190 g/mol. The first-order chi connectivity index (χ1) is 7.28. The third kappa shape index (κ3) is 2.31. The second kappa shape index (κ2) is 4.08. The first-order valence-electron chi connectivity index (χ1n) is 4.87. The summed E-state index contributed by atoms with van der Waals surface area (Å²) in [6, 6.07) is 3.81. The molecule has 78 valence electrons. The molecule has 5 heteroatoms. The Morgan fingerprint density at radius 1 is 1.33 bits per heavy atom. The molecule has 0 aromatic carbocycles. The van der Waals surface area contributed by atoms with Gasteiger partial charge in [-0.1, -0.05) is 0 Å². The van der Waals surface area contributed by atoms with E-state index in [0.29, 0.717) is 0 Å². The monoisotopic (exact) mass is 203 g/mol. The maximum absolute atomic E-state index is 4.15. The van der Waals surface area contributed by atoms with Crippen molar-refractivity contribution in [3.05, 3.63) is 30.2 Å². The topological polar surface area (TPSA) is 55.6 Å². The van der Waals surface area contributed by atoms with Crippen molar-refractivity contribution in [2.45, 2.75) is 20.4 Å². The summed E-state index contributed by atoms with van der Waals surface area (Å²) in [5, 5.41) is 15.3. The molecule has 0 fully saturated rings. The van der Waals surface area contributed by atoms with Crippen molar-refractivity contribution in [2.75, 3.05) is 5.32 Å². The predicted molar refractivity (Wildman–Crippen MR) is 58.0 cm³/mol. The molecule has 0 unspecified atom stereocenters. The lowest BCUT2D eigenvalue weighted by Crippen LogP contribution is -1.95. The van der Waals surface area contributed by atoms with E-state index in [-0.39, 0.29) is 0 Å². The molecule has 0 spiro atoms. The number of anilines is 2. The van der Waals surface area contributed by atoms with Gasteiger partial charge in [0.1, 0.15) is 0 Å². The average Bonchev–Trinajstić information content (AvgIpc) is 2.69. The van der Waals surface area contributed by atoms with Crippen LogP contribution in [0.5, 0.6) is 0 Å². The third-order valence-corrected chi connectivity index (χ3v) is 2.03. The van der Waals surface area contributed by atoms with E-state index in [2.05, 4.69) is 20.6 Å². The van der Waals surface area contributed by atoms with Gasteiger partial charge >= 0.3 is 0 Å². The van der Waals surface area contributed by atoms with Crippen LogP contribution in [0.4, 0.5) is 11.5 Å². The number of nitrogens with one attached hydrogen (secondary N) is 1. The van der Waals surface area contributed by atoms with Crippen LogP contribution in [0.15, 0.2) is 24.5 Å². The first kappa shape index (κ1) is 9.64. The molecule has 15 heavy (non-hydrogen) atoms. The van der Waals surface area contributed by atoms with Gasteiger partial charge in [0.25, 0.3) is 0 Å². The van der Waals surface area contributed by atoms with Gasteiger partial charge < -0.3 is 5.32 Å². The highest BCUT2D eigenvalue weighted by Crippen LogP contribution is 2.12. The van der Waals surface area contributed by atoms with E-state index in [4.69, 9.17) is 0 Å². The zero-order valence-corrected chi connectivity index (χ0v) is 8.81. The highest BCUT2D eigenvalue weighted by molar-refractivity contribution is 5.53. The molecule has 2 heterocycles. The summed E-state index contributed by atoms with van der Waals surface area (Å²) >= 11 is 0. The molecular formula is C10H13N5. The fourth-order valence-electron chi connectivity index (χ4n) is 1.21. The van der Waals surface area contributed by atoms with E-state index in [1.165, 1.54) is 0 Å². The van der Waals surface area contributed by atoms with Crippen LogP contribution < -0.4 is 5.32 Å². The van der Waals surface area contributed by atoms with Crippen molar-refractivity contribution in [3.63, 3.8) is 0 Å². The number of nitrogens with zero attached hydrogens (tertiary/aromatic N) is 4. The number of aryl methyl sites for hydroxylation is 2. The summed E-state index contributed by atoms with van der Waals surface area (Å²) in [6.45, 7) is 4.82. The highest BCUT2D eigenvalue weighted by Gasteiger charge is 1.98. The minimum absolute atomic E-state index is 0.733. The zero-order chi connectivity index (χ0) is 10.7. The quantitative estimate of drug-likeness (QED) is 0.825. The molecule has 0 saturated heterocycles. The minimum atomic E-state index is 0.733. The SMILES string of the molecule is CCn1cc(Nc2ccc(C)nn2)cn1. The smallest absolute Gasteiger partial charge is 0.153 e. The van der Waals surface area contributed by atoms with Gasteiger partial charge in [-0.15, -0.1) is 5.10 Å². The van der Waals surface area contributed by atoms with Crippen molar-refractivity contribution < 1.29 is 0 Å². The largest absolute Gasteiger partial charge is 0.336 e. The fourth-order valence-corrected chi connectivity index (χ4v) is 1.21. The minimum Gasteiger partial charge on any atom is -0.336 e. The Balaban J connectivity index is 2.11. The normalized spacial score (nSPS) is 10.3. The van der Waals surface area contributed by atoms with E-state index >= 15 is 0 Å². The van der Waals surface area contributed by atoms with E-state index < -0.39 is 0 Å². The van der Waals surface area contributed by atoms with Gasteiger partial charge in [0, 0.05) is 12.7 Å². The third-order valence-electron chi connectivity index (χ3n) is 2.03. The molecule has 0 aliphatic rings. The van der Waals surface area contributed by atoms with Gasteiger partial charge in [-0.3, -0.25) is 4.68 Å². The zero-order valence-electron chi connectivity index (χ0n) is 8.81. The average molecular weight is 203 g/mol. The van der Waals surface area contributed by atoms with Gasteiger partial charge in [0.05, 0.1) is 17.6 Å². The Morgan fingerprint density at radius 2 is 2.20 bits per heavy atom. The Kier molecular flexibility index (Phi) is 2.62. The highest BCUT2D eigenvalue weighted by atomic mass is 15.3. The summed E-state index contributed by atoms with van der Waals surface area (Å²) in [6.07, 6.45) is 3.70. The lowest BCUT2D eigenvalue weighted by molar-refractivity contribution is 0.660. The van der Waals surface area contributed by atoms with Gasteiger partial charge in [-0.2, -0.15) is 10.2 Å². The lowest BCUT2D eigenvalue weighted by atomic mass is 10.4. The Labute approximate surface area is 88.1 Å². The van der Waals surface area contributed by atoms with Crippen LogP contribution in [0, 0.1) is 6.92 Å². The second-order valence-corrected chi connectivity index (χ2v) is 3.27. The van der Waals surface area contributed by atoms with Crippen LogP contribution in [0.25, 0.3) is 0 Å². The Morgan fingerprint density at radius 3 is 2.80 bits per heavy atom. The van der Waals surface area contributed by atoms with Crippen LogP contribution in [0.2, 0.25) is 0 Å². The molecule has 0 radical (unpaired) electrons. The van der Waals surface area contributed by atoms with E-state index in [9.17, 15) is 0 Å². The molecule has 0 aliphatic carbocycles. The molecule has 0 atom stereocenters. The number of aromatic nitrogens is 4. The van der Waals surface area contributed by atoms with Crippen LogP contribution >= 0.6 is 0 Å². The summed E-state index contributed by atoms with van der Waals surface area (Å²) in [5.41, 5.74) is 1.83. The summed E-state index contributed by atoms with van der Waals surface area (Å²) < 4.78 is 1.85. The molecule has 2 aromatic heterocycles. The number of hydrogen-bond acceptors (Lipinski definition) is 4. The van der Waals surface area contributed by atoms with Crippen molar-refractivity contribution in [1.29, 1.82) is 0 Å². The van der Waals surface area contributed by atoms with E-state index in [1.807, 2.05) is 36.9 Å². The standard InChI is InChI=1S/C10H13N5/c1-3-15-7-9(6-11-15)12-10-5-4-8(2)13-14-10/h4-7H,3H2,1-2H3,(H,12,14). The Hall–Kier alpha value is -1.91. The van der Waals surface area contributed by atoms with Crippen molar-refractivity contribution in [2.24, 2.45) is 0 Å². The van der Waals surface area contributed by atoms with Crippen LogP contribution in [-0.2, 0) is 6.54 Å². The first-order valence-corrected chi connectivity index (χ1v) is 4.87. The van der Waals surface area contributed by atoms with E-state index in [0.717, 1.165) is 23.7 Å². The Bertz CT molecular complexity index is 431. The van der Waals surface area contributed by atoms with Crippen molar-refractivity contribution in [1.82, 2.24) is 20.0 Å². The molecule has 0 bridgehead atoms. The molecule has 1 N–H and O–H groups in total. The van der Waals surface area contributed by atoms with Gasteiger partial charge in [0.15, 0.2) is 5.82 Å². The number of hydrogen-bond donors (Lipinski definition) is 1. The van der Waals surface area contributed by atoms with Gasteiger partial charge in [-0.05, 0) is 26.0 Å². The van der Waals surface area contributed by atoms with Crippen LogP contribution in [-0.4, -0.2) is 20.0 Å². The van der Waals surface area contributed by atoms with Gasteiger partial charge in [-0.25, -0.2) is 0 Å². The maximum Gasteiger partial charge on any atom is 0.153 e. The molecule has 0 aliphatic heterocycles. The van der Waals surface area contributed by atoms with Gasteiger partial charge in [0.2, 0.25) is 0 Å². The fraction of sp³-hybridized carbons (Fsp3) is 0.300. The molecule has 0 amide bonds. The summed E-state index contributed by atoms with van der Waals surface area (Å²) in [5.74, 6) is 0.733. The van der Waals surface area contributed by atoms with Crippen molar-refractivity contribution in [3.8, 4) is 0 Å². The maximum atomic E-state index is 4.15. The summed E-state index contributed by atoms with van der Waals surface area (Å²) in [7, 11) is 0. The van der Waals surface area contributed by atoms with Crippen molar-refractivity contribution >= 4 is 11.5 Å². The molecule has 5 nitrogen and oxygen atoms in total. The molecule has 2 rings (SSSR count). The second-order valence-electron chi connectivity index (χ2n) is 3.27. The number of rotatable bonds is 3. The summed E-state index contributed by atoms with van der Waals surface area (Å²) in [4.78, 5) is 0. The van der Waals surface area contributed by atoms with E-state index in [1.54, 1.807) is 6.20 Å². The molecule has 0 saturated carbocycles. The lowest BCUT2D eigenvalue weighted by Gasteiger charge is -2.00.